The van der Waals surface area contributed by atoms with E-state index in [1.165, 1.54) is 12.8 Å². The van der Waals surface area contributed by atoms with Crippen LogP contribution in [-0.4, -0.2) is 16.5 Å². The summed E-state index contributed by atoms with van der Waals surface area (Å²) in [5, 5.41) is 10.6. The Balaban J connectivity index is 1.93. The average Bonchev–Trinajstić information content (AvgIpc) is 2.93. The van der Waals surface area contributed by atoms with E-state index < -0.39 is 11.0 Å². The molecule has 0 aliphatic heterocycles. The van der Waals surface area contributed by atoms with Crippen LogP contribution in [0.15, 0.2) is 24.3 Å². The van der Waals surface area contributed by atoms with Gasteiger partial charge in [-0.2, -0.15) is 0 Å². The molecule has 2 nitrogen and oxygen atoms in total. The van der Waals surface area contributed by atoms with Crippen LogP contribution in [0.1, 0.15) is 26.7 Å². The van der Waals surface area contributed by atoms with E-state index in [-0.39, 0.29) is 11.7 Å². The maximum absolute atomic E-state index is 12.5. The fourth-order valence-corrected chi connectivity index (χ4v) is 4.68. The van der Waals surface area contributed by atoms with E-state index in [0.717, 1.165) is 0 Å². The highest BCUT2D eigenvalue weighted by Crippen LogP contribution is 2.70. The van der Waals surface area contributed by atoms with Gasteiger partial charge < -0.3 is 5.11 Å². The molecule has 17 heavy (non-hydrogen) atoms. The maximum atomic E-state index is 12.5. The topological polar surface area (TPSA) is 37.3 Å². The van der Waals surface area contributed by atoms with Crippen LogP contribution in [0.25, 0.3) is 0 Å². The van der Waals surface area contributed by atoms with Gasteiger partial charge in [0.25, 0.3) is 0 Å². The van der Waals surface area contributed by atoms with Gasteiger partial charge in [-0.15, -0.1) is 0 Å². The molecule has 5 rings (SSSR count). The Kier molecular flexibility index (Phi) is 1.45. The molecule has 2 fully saturated rings. The number of ketones is 1. The fraction of sp³-hybridized carbons (Fsp3) is 0.667. The number of fused-ring (bicyclic) bond motifs is 1. The second kappa shape index (κ2) is 2.44. The first-order chi connectivity index (χ1) is 7.92. The summed E-state index contributed by atoms with van der Waals surface area (Å²) in [6.45, 7) is 3.71. The SMILES string of the molecule is C[C@@]1(O)C(=O)[C@@]2(C)C=C[C@@H]1[C@H]1[C@@H]2C=CC12CC2. The van der Waals surface area contributed by atoms with Gasteiger partial charge >= 0.3 is 0 Å². The minimum Gasteiger partial charge on any atom is -0.382 e. The summed E-state index contributed by atoms with van der Waals surface area (Å²) in [5.41, 5.74) is -1.33. The van der Waals surface area contributed by atoms with E-state index >= 15 is 0 Å². The van der Waals surface area contributed by atoms with Gasteiger partial charge in [-0.3, -0.25) is 4.79 Å². The van der Waals surface area contributed by atoms with Gasteiger partial charge in [-0.05, 0) is 43.9 Å². The Labute approximate surface area is 101 Å². The summed E-state index contributed by atoms with van der Waals surface area (Å²) in [7, 11) is 0. The molecule has 0 aromatic rings. The molecule has 0 amide bonds. The smallest absolute Gasteiger partial charge is 0.174 e. The van der Waals surface area contributed by atoms with Gasteiger partial charge in [0.2, 0.25) is 0 Å². The van der Waals surface area contributed by atoms with E-state index in [4.69, 9.17) is 0 Å². The van der Waals surface area contributed by atoms with Crippen LogP contribution in [0, 0.1) is 28.6 Å². The molecule has 0 heterocycles. The van der Waals surface area contributed by atoms with E-state index in [1.54, 1.807) is 6.92 Å². The number of Topliss-reactive ketones (excluding diaryl/α,β-unsaturated/α-hetero) is 1. The minimum atomic E-state index is -1.16. The lowest BCUT2D eigenvalue weighted by molar-refractivity contribution is -0.166. The molecule has 2 saturated carbocycles. The predicted octanol–water partition coefficient (Wildman–Crippen LogP) is 2.09. The lowest BCUT2D eigenvalue weighted by atomic mass is 9.48. The maximum Gasteiger partial charge on any atom is 0.174 e. The van der Waals surface area contributed by atoms with Crippen molar-refractivity contribution in [3.8, 4) is 0 Å². The first-order valence-corrected chi connectivity index (χ1v) is 6.58. The molecule has 1 spiro atoms. The number of hydrogen-bond donors (Lipinski definition) is 1. The Bertz CT molecular complexity index is 481. The Morgan fingerprint density at radius 2 is 1.82 bits per heavy atom. The second-order valence-electron chi connectivity index (χ2n) is 6.79. The van der Waals surface area contributed by atoms with Gasteiger partial charge in [0.05, 0.1) is 5.41 Å². The number of allylic oxidation sites excluding steroid dienone is 3. The van der Waals surface area contributed by atoms with Crippen LogP contribution < -0.4 is 0 Å². The highest BCUT2D eigenvalue weighted by atomic mass is 16.3. The first kappa shape index (κ1) is 10.1. The monoisotopic (exact) mass is 230 g/mol. The highest BCUT2D eigenvalue weighted by molar-refractivity contribution is 5.97. The van der Waals surface area contributed by atoms with Crippen LogP contribution in [0.5, 0.6) is 0 Å². The zero-order chi connectivity index (χ0) is 12.1. The highest BCUT2D eigenvalue weighted by Gasteiger charge is 2.69. The van der Waals surface area contributed by atoms with Crippen LogP contribution >= 0.6 is 0 Å². The molecule has 90 valence electrons. The first-order valence-electron chi connectivity index (χ1n) is 6.58. The molecule has 5 atom stereocenters. The van der Waals surface area contributed by atoms with Crippen molar-refractivity contribution in [2.45, 2.75) is 32.3 Å². The van der Waals surface area contributed by atoms with E-state index in [9.17, 15) is 9.90 Å². The van der Waals surface area contributed by atoms with Crippen LogP contribution in [0.2, 0.25) is 0 Å². The van der Waals surface area contributed by atoms with Crippen molar-refractivity contribution in [3.05, 3.63) is 24.3 Å². The Morgan fingerprint density at radius 1 is 1.18 bits per heavy atom. The standard InChI is InChI=1S/C15H18O2/c1-13-5-3-10(14(2,17)12(13)16)11-9(13)4-6-15(11)7-8-15/h3-6,9-11,17H,7-8H2,1-2H3/t9-,10+,11+,13-,14-/m0/s1. The molecule has 5 aliphatic carbocycles. The number of carbonyl (C=O) groups is 1. The van der Waals surface area contributed by atoms with Crippen molar-refractivity contribution < 1.29 is 9.90 Å². The molecular formula is C15H18O2. The quantitative estimate of drug-likeness (QED) is 0.647. The molecule has 0 radical (unpaired) electrons. The van der Waals surface area contributed by atoms with E-state index in [1.807, 2.05) is 13.0 Å². The van der Waals surface area contributed by atoms with Gasteiger partial charge in [-0.1, -0.05) is 24.3 Å². The van der Waals surface area contributed by atoms with E-state index in [2.05, 4.69) is 18.2 Å². The van der Waals surface area contributed by atoms with Gasteiger partial charge in [0.1, 0.15) is 5.60 Å². The van der Waals surface area contributed by atoms with Crippen molar-refractivity contribution in [2.75, 3.05) is 0 Å². The third kappa shape index (κ3) is 0.887. The largest absolute Gasteiger partial charge is 0.382 e. The summed E-state index contributed by atoms with van der Waals surface area (Å²) in [6.07, 6.45) is 11.2. The predicted molar refractivity (Wildman–Crippen MR) is 64.2 cm³/mol. The van der Waals surface area contributed by atoms with Crippen LogP contribution in [0.3, 0.4) is 0 Å². The Hall–Kier alpha value is -0.890. The van der Waals surface area contributed by atoms with Crippen molar-refractivity contribution >= 4 is 5.78 Å². The zero-order valence-corrected chi connectivity index (χ0v) is 10.3. The number of hydrogen-bond acceptors (Lipinski definition) is 2. The molecule has 2 bridgehead atoms. The summed E-state index contributed by atoms with van der Waals surface area (Å²) in [4.78, 5) is 12.5. The second-order valence-corrected chi connectivity index (χ2v) is 6.79. The van der Waals surface area contributed by atoms with Crippen LogP contribution in [-0.2, 0) is 4.79 Å². The van der Waals surface area contributed by atoms with Crippen molar-refractivity contribution in [1.82, 2.24) is 0 Å². The number of aliphatic hydroxyl groups is 1. The summed E-state index contributed by atoms with van der Waals surface area (Å²) in [6, 6.07) is 0. The van der Waals surface area contributed by atoms with Gasteiger partial charge in [0, 0.05) is 5.92 Å². The summed E-state index contributed by atoms with van der Waals surface area (Å²) < 4.78 is 0. The van der Waals surface area contributed by atoms with Crippen molar-refractivity contribution in [1.29, 1.82) is 0 Å². The molecule has 0 unspecified atom stereocenters. The molecular weight excluding hydrogens is 212 g/mol. The average molecular weight is 230 g/mol. The Morgan fingerprint density at radius 3 is 2.47 bits per heavy atom. The zero-order valence-electron chi connectivity index (χ0n) is 10.3. The molecule has 0 aromatic heterocycles. The van der Waals surface area contributed by atoms with Crippen molar-refractivity contribution in [2.24, 2.45) is 28.6 Å². The third-order valence-electron chi connectivity index (χ3n) is 5.84. The van der Waals surface area contributed by atoms with E-state index in [0.29, 0.717) is 17.3 Å². The third-order valence-corrected chi connectivity index (χ3v) is 5.84. The molecule has 1 N–H and O–H groups in total. The summed E-state index contributed by atoms with van der Waals surface area (Å²) >= 11 is 0. The van der Waals surface area contributed by atoms with Crippen LogP contribution in [0.4, 0.5) is 0 Å². The normalized spacial score (nSPS) is 56.6. The molecule has 2 heteroatoms. The number of carbonyl (C=O) groups excluding carboxylic acids is 1. The molecule has 0 saturated heterocycles. The minimum absolute atomic E-state index is 0.0133. The lowest BCUT2D eigenvalue weighted by Gasteiger charge is -2.55. The number of rotatable bonds is 0. The molecule has 5 aliphatic rings. The van der Waals surface area contributed by atoms with Gasteiger partial charge in [-0.25, -0.2) is 0 Å². The van der Waals surface area contributed by atoms with Gasteiger partial charge in [0.15, 0.2) is 5.78 Å². The van der Waals surface area contributed by atoms with Crippen molar-refractivity contribution in [3.63, 3.8) is 0 Å². The summed E-state index contributed by atoms with van der Waals surface area (Å²) in [5.74, 6) is 0.790. The fourth-order valence-electron chi connectivity index (χ4n) is 4.68. The lowest BCUT2D eigenvalue weighted by Crippen LogP contribution is -2.63. The molecule has 0 aromatic carbocycles.